The van der Waals surface area contributed by atoms with E-state index in [2.05, 4.69) is 15.2 Å². The Hall–Kier alpha value is -3.91. The molecule has 170 valence electrons. The van der Waals surface area contributed by atoms with Crippen LogP contribution in [-0.2, 0) is 12.4 Å². The van der Waals surface area contributed by atoms with Crippen molar-refractivity contribution in [3.05, 3.63) is 112 Å². The fourth-order valence-corrected chi connectivity index (χ4v) is 4.51. The summed E-state index contributed by atoms with van der Waals surface area (Å²) in [6.07, 6.45) is 1.75. The van der Waals surface area contributed by atoms with Gasteiger partial charge in [0.25, 0.3) is 5.56 Å². The van der Waals surface area contributed by atoms with Crippen molar-refractivity contribution in [2.75, 3.05) is 0 Å². The van der Waals surface area contributed by atoms with E-state index < -0.39 is 0 Å². The normalized spacial score (nSPS) is 11.1. The molecule has 0 saturated heterocycles. The van der Waals surface area contributed by atoms with E-state index in [-0.39, 0.29) is 12.2 Å². The third-order valence-corrected chi connectivity index (χ3v) is 6.35. The lowest BCUT2D eigenvalue weighted by atomic mass is 10.2. The zero-order chi connectivity index (χ0) is 23.5. The molecular formula is C26H23N5O2S. The number of rotatable bonds is 7. The number of ether oxygens (including phenoxy) is 1. The zero-order valence-corrected chi connectivity index (χ0v) is 19.7. The van der Waals surface area contributed by atoms with Crippen LogP contribution in [0.1, 0.15) is 22.6 Å². The van der Waals surface area contributed by atoms with E-state index in [4.69, 9.17) is 4.74 Å². The Morgan fingerprint density at radius 2 is 1.74 bits per heavy atom. The first kappa shape index (κ1) is 21.9. The number of para-hydroxylation sites is 2. The van der Waals surface area contributed by atoms with Crippen LogP contribution in [0.2, 0.25) is 0 Å². The molecule has 0 aliphatic heterocycles. The van der Waals surface area contributed by atoms with Crippen molar-refractivity contribution in [3.8, 4) is 11.4 Å². The molecule has 0 fully saturated rings. The lowest BCUT2D eigenvalue weighted by molar-refractivity contribution is 0.291. The van der Waals surface area contributed by atoms with Gasteiger partial charge in [-0.05, 0) is 55.3 Å². The smallest absolute Gasteiger partial charge is 0.258 e. The number of aryl methyl sites for hydroxylation is 2. The predicted octanol–water partition coefficient (Wildman–Crippen LogP) is 4.76. The van der Waals surface area contributed by atoms with Gasteiger partial charge in [0.2, 0.25) is 0 Å². The van der Waals surface area contributed by atoms with Gasteiger partial charge >= 0.3 is 0 Å². The molecule has 5 rings (SSSR count). The maximum atomic E-state index is 12.5. The molecule has 0 atom stereocenters. The number of thioether (sulfide) groups is 1. The van der Waals surface area contributed by atoms with E-state index in [1.165, 1.54) is 11.8 Å². The molecule has 0 bridgehead atoms. The van der Waals surface area contributed by atoms with Crippen LogP contribution in [-0.4, -0.2) is 24.1 Å². The molecule has 7 nitrogen and oxygen atoms in total. The molecule has 0 spiro atoms. The van der Waals surface area contributed by atoms with Gasteiger partial charge in [-0.1, -0.05) is 48.2 Å². The minimum atomic E-state index is -0.0996. The molecule has 8 heteroatoms. The fourth-order valence-electron chi connectivity index (χ4n) is 3.65. The highest BCUT2D eigenvalue weighted by atomic mass is 32.2. The molecule has 5 aromatic rings. The summed E-state index contributed by atoms with van der Waals surface area (Å²) in [7, 11) is 0. The average Bonchev–Trinajstić information content (AvgIpc) is 3.25. The number of hydrogen-bond acceptors (Lipinski definition) is 6. The second-order valence-electron chi connectivity index (χ2n) is 7.93. The number of nitrogens with zero attached hydrogens (tertiary/aromatic N) is 5. The van der Waals surface area contributed by atoms with Gasteiger partial charge in [-0.25, -0.2) is 4.98 Å². The maximum Gasteiger partial charge on any atom is 0.258 e. The lowest BCUT2D eigenvalue weighted by Gasteiger charge is -2.12. The van der Waals surface area contributed by atoms with Crippen molar-refractivity contribution in [3.63, 3.8) is 0 Å². The van der Waals surface area contributed by atoms with E-state index in [9.17, 15) is 4.79 Å². The molecule has 0 aliphatic carbocycles. The first-order chi connectivity index (χ1) is 16.6. The minimum Gasteiger partial charge on any atom is -0.485 e. The molecule has 3 heterocycles. The van der Waals surface area contributed by atoms with Crippen LogP contribution in [0.25, 0.3) is 11.3 Å². The second kappa shape index (κ2) is 9.52. The van der Waals surface area contributed by atoms with Gasteiger partial charge in [-0.3, -0.25) is 13.8 Å². The minimum absolute atomic E-state index is 0.0996. The van der Waals surface area contributed by atoms with Crippen molar-refractivity contribution in [2.45, 2.75) is 31.4 Å². The largest absolute Gasteiger partial charge is 0.485 e. The molecule has 0 unspecified atom stereocenters. The highest BCUT2D eigenvalue weighted by molar-refractivity contribution is 7.98. The molecule has 0 aliphatic rings. The summed E-state index contributed by atoms with van der Waals surface area (Å²) in [4.78, 5) is 17.2. The lowest BCUT2D eigenvalue weighted by Crippen LogP contribution is -2.15. The van der Waals surface area contributed by atoms with Gasteiger partial charge in [0, 0.05) is 23.7 Å². The Labute approximate surface area is 201 Å². The van der Waals surface area contributed by atoms with Crippen LogP contribution in [0.4, 0.5) is 0 Å². The third kappa shape index (κ3) is 4.58. The van der Waals surface area contributed by atoms with Gasteiger partial charge < -0.3 is 4.74 Å². The van der Waals surface area contributed by atoms with E-state index in [1.807, 2.05) is 85.1 Å². The zero-order valence-electron chi connectivity index (χ0n) is 18.9. The standard InChI is InChI=1S/C26H23N5O2S/c1-18-12-13-30-23(14-18)27-20(15-25(30)32)17-34-26-29-28-24(31(26)21-9-4-3-5-10-21)16-33-22-11-7-6-8-19(22)2/h3-15H,16-17H2,1-2H3. The Morgan fingerprint density at radius 3 is 2.56 bits per heavy atom. The monoisotopic (exact) mass is 469 g/mol. The Balaban J connectivity index is 1.43. The number of fused-ring (bicyclic) bond motifs is 1. The van der Waals surface area contributed by atoms with Crippen molar-refractivity contribution >= 4 is 17.4 Å². The van der Waals surface area contributed by atoms with Crippen LogP contribution in [0.5, 0.6) is 5.75 Å². The van der Waals surface area contributed by atoms with E-state index in [0.29, 0.717) is 28.1 Å². The van der Waals surface area contributed by atoms with Crippen LogP contribution in [0.15, 0.2) is 88.9 Å². The van der Waals surface area contributed by atoms with Crippen molar-refractivity contribution in [1.29, 1.82) is 0 Å². The average molecular weight is 470 g/mol. The maximum absolute atomic E-state index is 12.5. The SMILES string of the molecule is Cc1ccn2c(=O)cc(CSc3nnc(COc4ccccc4C)n3-c3ccccc3)nc2c1. The highest BCUT2D eigenvalue weighted by Crippen LogP contribution is 2.26. The van der Waals surface area contributed by atoms with E-state index >= 15 is 0 Å². The van der Waals surface area contributed by atoms with Crippen LogP contribution < -0.4 is 10.3 Å². The molecule has 34 heavy (non-hydrogen) atoms. The summed E-state index contributed by atoms with van der Waals surface area (Å²) in [5.74, 6) is 2.00. The Morgan fingerprint density at radius 1 is 0.941 bits per heavy atom. The summed E-state index contributed by atoms with van der Waals surface area (Å²) in [6, 6.07) is 23.2. The molecule has 0 amide bonds. The summed E-state index contributed by atoms with van der Waals surface area (Å²) in [5, 5.41) is 9.54. The highest BCUT2D eigenvalue weighted by Gasteiger charge is 2.16. The Bertz CT molecular complexity index is 1510. The number of aromatic nitrogens is 5. The van der Waals surface area contributed by atoms with Crippen molar-refractivity contribution in [2.24, 2.45) is 0 Å². The summed E-state index contributed by atoms with van der Waals surface area (Å²) in [5.41, 5.74) is 4.30. The Kier molecular flexibility index (Phi) is 6.14. The first-order valence-electron chi connectivity index (χ1n) is 10.9. The molecule has 0 N–H and O–H groups in total. The van der Waals surface area contributed by atoms with Gasteiger partial charge in [-0.15, -0.1) is 10.2 Å². The topological polar surface area (TPSA) is 74.3 Å². The second-order valence-corrected chi connectivity index (χ2v) is 8.87. The molecule has 3 aromatic heterocycles. The molecular weight excluding hydrogens is 446 g/mol. The third-order valence-electron chi connectivity index (χ3n) is 5.39. The predicted molar refractivity (Wildman–Crippen MR) is 133 cm³/mol. The summed E-state index contributed by atoms with van der Waals surface area (Å²) < 4.78 is 9.58. The summed E-state index contributed by atoms with van der Waals surface area (Å²) in [6.45, 7) is 4.28. The van der Waals surface area contributed by atoms with Crippen molar-refractivity contribution in [1.82, 2.24) is 24.1 Å². The quantitative estimate of drug-likeness (QED) is 0.320. The summed E-state index contributed by atoms with van der Waals surface area (Å²) >= 11 is 1.49. The van der Waals surface area contributed by atoms with Gasteiger partial charge in [0.15, 0.2) is 11.0 Å². The fraction of sp³-hybridized carbons (Fsp3) is 0.154. The van der Waals surface area contributed by atoms with Crippen LogP contribution in [0.3, 0.4) is 0 Å². The molecule has 0 saturated carbocycles. The van der Waals surface area contributed by atoms with Crippen LogP contribution >= 0.6 is 11.8 Å². The number of benzene rings is 2. The van der Waals surface area contributed by atoms with Crippen LogP contribution in [0, 0.1) is 13.8 Å². The number of pyridine rings is 1. The van der Waals surface area contributed by atoms with Crippen molar-refractivity contribution < 1.29 is 4.74 Å². The molecule has 0 radical (unpaired) electrons. The van der Waals surface area contributed by atoms with Gasteiger partial charge in [-0.2, -0.15) is 0 Å². The molecule has 2 aromatic carbocycles. The van der Waals surface area contributed by atoms with E-state index in [0.717, 1.165) is 22.6 Å². The number of hydrogen-bond donors (Lipinski definition) is 0. The van der Waals surface area contributed by atoms with Gasteiger partial charge in [0.1, 0.15) is 18.0 Å². The first-order valence-corrected chi connectivity index (χ1v) is 11.9. The van der Waals surface area contributed by atoms with Gasteiger partial charge in [0.05, 0.1) is 5.69 Å². The van der Waals surface area contributed by atoms with E-state index in [1.54, 1.807) is 16.7 Å².